The highest BCUT2D eigenvalue weighted by atomic mass is 32.2. The minimum Gasteiger partial charge on any atom is -0.481 e. The first kappa shape index (κ1) is 15.4. The molecule has 0 spiro atoms. The predicted octanol–water partition coefficient (Wildman–Crippen LogP) is 1.64. The molecule has 0 radical (unpaired) electrons. The van der Waals surface area contributed by atoms with Crippen LogP contribution in [0.2, 0.25) is 0 Å². The summed E-state index contributed by atoms with van der Waals surface area (Å²) in [6.45, 7) is 1.41. The van der Waals surface area contributed by atoms with Crippen LogP contribution in [0.5, 0.6) is 0 Å². The average Bonchev–Trinajstić information content (AvgIpc) is 2.37. The van der Waals surface area contributed by atoms with Crippen LogP contribution in [0, 0.1) is 5.92 Å². The molecule has 0 saturated carbocycles. The maximum absolute atomic E-state index is 11.9. The number of sulfonamides is 1. The molecule has 1 aromatic carbocycles. The summed E-state index contributed by atoms with van der Waals surface area (Å²) in [7, 11) is -2.23. The van der Waals surface area contributed by atoms with E-state index in [1.165, 1.54) is 20.0 Å². The van der Waals surface area contributed by atoms with Gasteiger partial charge in [-0.25, -0.2) is 12.7 Å². The van der Waals surface area contributed by atoms with Crippen LogP contribution < -0.4 is 0 Å². The number of carboxylic acids is 1. The van der Waals surface area contributed by atoms with Gasteiger partial charge in [0.2, 0.25) is 10.0 Å². The van der Waals surface area contributed by atoms with Crippen molar-refractivity contribution in [3.8, 4) is 0 Å². The van der Waals surface area contributed by atoms with Crippen LogP contribution in [-0.2, 0) is 14.8 Å². The van der Waals surface area contributed by atoms with Gasteiger partial charge >= 0.3 is 5.97 Å². The van der Waals surface area contributed by atoms with E-state index < -0.39 is 21.9 Å². The van der Waals surface area contributed by atoms with E-state index >= 15 is 0 Å². The molecule has 0 aliphatic carbocycles. The summed E-state index contributed by atoms with van der Waals surface area (Å²) in [6, 6.07) is 9.02. The molecule has 0 bridgehead atoms. The topological polar surface area (TPSA) is 74.7 Å². The molecular weight excluding hydrogens is 266 g/mol. The van der Waals surface area contributed by atoms with Gasteiger partial charge in [0.25, 0.3) is 0 Å². The molecule has 0 amide bonds. The minimum absolute atomic E-state index is 0.0587. The second-order valence-corrected chi connectivity index (χ2v) is 6.20. The summed E-state index contributed by atoms with van der Waals surface area (Å²) in [5, 5.41) is 9.85. The number of rotatable bonds is 6. The van der Waals surface area contributed by atoms with E-state index in [0.29, 0.717) is 0 Å². The average molecular weight is 283 g/mol. The van der Waals surface area contributed by atoms with Crippen molar-refractivity contribution in [2.75, 3.05) is 13.6 Å². The SMILES string of the molecule is CC(CN(C)S(=O)(=O)/C=C/c1ccccc1)C(=O)O. The van der Waals surface area contributed by atoms with Gasteiger partial charge < -0.3 is 5.11 Å². The standard InChI is InChI=1S/C13H17NO4S/c1-11(13(15)16)10-14(2)19(17,18)9-8-12-6-4-3-5-7-12/h3-9,11H,10H2,1-2H3,(H,15,16)/b9-8+. The largest absolute Gasteiger partial charge is 0.481 e. The fourth-order valence-corrected chi connectivity index (χ4v) is 2.37. The normalized spacial score (nSPS) is 13.8. The van der Waals surface area contributed by atoms with Crippen molar-refractivity contribution < 1.29 is 18.3 Å². The van der Waals surface area contributed by atoms with Crippen LogP contribution >= 0.6 is 0 Å². The Morgan fingerprint density at radius 3 is 2.47 bits per heavy atom. The zero-order chi connectivity index (χ0) is 14.5. The molecule has 1 rings (SSSR count). The Bertz CT molecular complexity index is 551. The zero-order valence-corrected chi connectivity index (χ0v) is 11.7. The first-order chi connectivity index (χ1) is 8.83. The van der Waals surface area contributed by atoms with Gasteiger partial charge in [0.05, 0.1) is 5.92 Å². The van der Waals surface area contributed by atoms with E-state index in [2.05, 4.69) is 0 Å². The van der Waals surface area contributed by atoms with Crippen LogP contribution in [-0.4, -0.2) is 37.4 Å². The Morgan fingerprint density at radius 1 is 1.37 bits per heavy atom. The fraction of sp³-hybridized carbons (Fsp3) is 0.308. The van der Waals surface area contributed by atoms with E-state index in [4.69, 9.17) is 5.11 Å². The van der Waals surface area contributed by atoms with Crippen molar-refractivity contribution in [1.29, 1.82) is 0 Å². The molecule has 1 atom stereocenters. The Hall–Kier alpha value is -1.66. The van der Waals surface area contributed by atoms with Gasteiger partial charge in [-0.15, -0.1) is 0 Å². The summed E-state index contributed by atoms with van der Waals surface area (Å²) in [4.78, 5) is 10.7. The summed E-state index contributed by atoms with van der Waals surface area (Å²) in [5.74, 6) is -1.76. The lowest BCUT2D eigenvalue weighted by Crippen LogP contribution is -2.32. The lowest BCUT2D eigenvalue weighted by Gasteiger charge is -2.16. The van der Waals surface area contributed by atoms with Crippen molar-refractivity contribution in [3.05, 3.63) is 41.3 Å². The molecule has 0 fully saturated rings. The van der Waals surface area contributed by atoms with Gasteiger partial charge in [-0.3, -0.25) is 4.79 Å². The molecule has 1 N–H and O–H groups in total. The summed E-state index contributed by atoms with van der Waals surface area (Å²) < 4.78 is 24.8. The highest BCUT2D eigenvalue weighted by Crippen LogP contribution is 2.08. The molecule has 0 aliphatic rings. The van der Waals surface area contributed by atoms with Gasteiger partial charge in [0, 0.05) is 19.0 Å². The van der Waals surface area contributed by atoms with Gasteiger partial charge in [-0.2, -0.15) is 0 Å². The molecule has 0 aromatic heterocycles. The lowest BCUT2D eigenvalue weighted by molar-refractivity contribution is -0.141. The van der Waals surface area contributed by atoms with Gasteiger partial charge in [-0.05, 0) is 11.6 Å². The summed E-state index contributed by atoms with van der Waals surface area (Å²) >= 11 is 0. The zero-order valence-electron chi connectivity index (χ0n) is 10.9. The van der Waals surface area contributed by atoms with Crippen molar-refractivity contribution in [1.82, 2.24) is 4.31 Å². The molecule has 5 nitrogen and oxygen atoms in total. The number of nitrogens with zero attached hydrogens (tertiary/aromatic N) is 1. The second-order valence-electron chi connectivity index (χ2n) is 4.28. The van der Waals surface area contributed by atoms with E-state index in [9.17, 15) is 13.2 Å². The molecule has 1 unspecified atom stereocenters. The van der Waals surface area contributed by atoms with Crippen LogP contribution in [0.25, 0.3) is 6.08 Å². The second kappa shape index (κ2) is 6.49. The molecular formula is C13H17NO4S. The Morgan fingerprint density at radius 2 is 1.95 bits per heavy atom. The summed E-state index contributed by atoms with van der Waals surface area (Å²) in [5.41, 5.74) is 0.769. The third-order valence-electron chi connectivity index (χ3n) is 2.62. The van der Waals surface area contributed by atoms with E-state index in [1.54, 1.807) is 12.1 Å². The van der Waals surface area contributed by atoms with Crippen molar-refractivity contribution in [2.45, 2.75) is 6.92 Å². The molecule has 0 heterocycles. The molecule has 6 heteroatoms. The molecule has 19 heavy (non-hydrogen) atoms. The van der Waals surface area contributed by atoms with Crippen LogP contribution in [0.1, 0.15) is 12.5 Å². The van der Waals surface area contributed by atoms with Crippen LogP contribution in [0.15, 0.2) is 35.7 Å². The van der Waals surface area contributed by atoms with Crippen molar-refractivity contribution >= 4 is 22.1 Å². The van der Waals surface area contributed by atoms with E-state index in [0.717, 1.165) is 15.3 Å². The Balaban J connectivity index is 2.76. The maximum atomic E-state index is 11.9. The van der Waals surface area contributed by atoms with Crippen LogP contribution in [0.3, 0.4) is 0 Å². The fourth-order valence-electron chi connectivity index (χ4n) is 1.40. The molecule has 0 aliphatic heterocycles. The van der Waals surface area contributed by atoms with Crippen molar-refractivity contribution in [3.63, 3.8) is 0 Å². The number of benzene rings is 1. The van der Waals surface area contributed by atoms with Crippen LogP contribution in [0.4, 0.5) is 0 Å². The van der Waals surface area contributed by atoms with E-state index in [1.807, 2.05) is 18.2 Å². The molecule has 1 aromatic rings. The third kappa shape index (κ3) is 4.84. The number of hydrogen-bond donors (Lipinski definition) is 1. The highest BCUT2D eigenvalue weighted by Gasteiger charge is 2.20. The minimum atomic E-state index is -3.60. The van der Waals surface area contributed by atoms with Gasteiger partial charge in [0.15, 0.2) is 0 Å². The maximum Gasteiger partial charge on any atom is 0.307 e. The number of hydrogen-bond acceptors (Lipinski definition) is 3. The molecule has 0 saturated heterocycles. The first-order valence-corrected chi connectivity index (χ1v) is 7.25. The number of carboxylic acid groups (broad SMARTS) is 1. The Labute approximate surface area is 113 Å². The smallest absolute Gasteiger partial charge is 0.307 e. The third-order valence-corrected chi connectivity index (χ3v) is 4.12. The van der Waals surface area contributed by atoms with Gasteiger partial charge in [-0.1, -0.05) is 37.3 Å². The first-order valence-electron chi connectivity index (χ1n) is 5.75. The highest BCUT2D eigenvalue weighted by molar-refractivity contribution is 7.92. The van der Waals surface area contributed by atoms with Gasteiger partial charge in [0.1, 0.15) is 0 Å². The monoisotopic (exact) mass is 283 g/mol. The quantitative estimate of drug-likeness (QED) is 0.861. The number of carbonyl (C=O) groups is 1. The summed E-state index contributed by atoms with van der Waals surface area (Å²) in [6.07, 6.45) is 1.48. The predicted molar refractivity (Wildman–Crippen MR) is 73.8 cm³/mol. The van der Waals surface area contributed by atoms with Crippen molar-refractivity contribution in [2.24, 2.45) is 5.92 Å². The number of aliphatic carboxylic acids is 1. The Kier molecular flexibility index (Phi) is 5.26. The lowest BCUT2D eigenvalue weighted by atomic mass is 10.2. The molecule has 104 valence electrons. The van der Waals surface area contributed by atoms with E-state index in [-0.39, 0.29) is 6.54 Å².